The fourth-order valence-electron chi connectivity index (χ4n) is 4.27. The first-order chi connectivity index (χ1) is 16.2. The molecule has 2 aromatic rings. The lowest BCUT2D eigenvalue weighted by Crippen LogP contribution is -2.39. The smallest absolute Gasteiger partial charge is 0.187 e. The molecular weight excluding hydrogens is 422 g/mol. The van der Waals surface area contributed by atoms with Crippen LogP contribution in [0.3, 0.4) is 0 Å². The van der Waals surface area contributed by atoms with Crippen molar-refractivity contribution in [3.8, 4) is 11.5 Å². The number of Topliss-reactive ketones (excluding diaryl/α,β-unsaturated/α-hetero) is 1. The molecular formula is C24H27N5O4. The summed E-state index contributed by atoms with van der Waals surface area (Å²) in [5.41, 5.74) is 2.13. The van der Waals surface area contributed by atoms with Gasteiger partial charge >= 0.3 is 0 Å². The highest BCUT2D eigenvalue weighted by Crippen LogP contribution is 2.43. The van der Waals surface area contributed by atoms with Gasteiger partial charge in [0.05, 0.1) is 33.3 Å². The first-order valence-electron chi connectivity index (χ1n) is 11.2. The van der Waals surface area contributed by atoms with Crippen LogP contribution in [-0.4, -0.2) is 91.9 Å². The van der Waals surface area contributed by atoms with Crippen LogP contribution in [0.15, 0.2) is 46.6 Å². The lowest BCUT2D eigenvalue weighted by Gasteiger charge is -2.29. The van der Waals surface area contributed by atoms with Crippen LogP contribution in [-0.2, 0) is 4.74 Å². The van der Waals surface area contributed by atoms with Crippen molar-refractivity contribution in [1.82, 2.24) is 14.8 Å². The van der Waals surface area contributed by atoms with Gasteiger partial charge in [-0.15, -0.1) is 0 Å². The summed E-state index contributed by atoms with van der Waals surface area (Å²) in [6.07, 6.45) is 3.40. The Morgan fingerprint density at radius 1 is 1.18 bits per heavy atom. The molecule has 1 aromatic heterocycles. The van der Waals surface area contributed by atoms with Crippen LogP contribution in [0.4, 0.5) is 5.69 Å². The molecule has 0 N–H and O–H groups in total. The monoisotopic (exact) mass is 449 g/mol. The number of methoxy groups -OCH3 is 1. The van der Waals surface area contributed by atoms with Crippen molar-refractivity contribution in [3.63, 3.8) is 0 Å². The van der Waals surface area contributed by atoms with Crippen molar-refractivity contribution in [2.45, 2.75) is 6.42 Å². The van der Waals surface area contributed by atoms with Crippen molar-refractivity contribution in [3.05, 3.63) is 47.8 Å². The number of hydrogen-bond acceptors (Lipinski definition) is 9. The van der Waals surface area contributed by atoms with Gasteiger partial charge in [-0.05, 0) is 24.3 Å². The summed E-state index contributed by atoms with van der Waals surface area (Å²) >= 11 is 0. The molecule has 0 bridgehead atoms. The van der Waals surface area contributed by atoms with Gasteiger partial charge in [0.15, 0.2) is 17.3 Å². The van der Waals surface area contributed by atoms with E-state index in [-0.39, 0.29) is 12.2 Å². The molecule has 3 aliphatic rings. The van der Waals surface area contributed by atoms with E-state index in [0.29, 0.717) is 48.3 Å². The van der Waals surface area contributed by atoms with Crippen molar-refractivity contribution >= 4 is 23.1 Å². The molecule has 1 fully saturated rings. The predicted molar refractivity (Wildman–Crippen MR) is 124 cm³/mol. The molecule has 0 aliphatic carbocycles. The summed E-state index contributed by atoms with van der Waals surface area (Å²) in [4.78, 5) is 30.9. The molecule has 1 aromatic carbocycles. The highest BCUT2D eigenvalue weighted by molar-refractivity contribution is 6.21. The number of pyridine rings is 1. The Morgan fingerprint density at radius 2 is 2.06 bits per heavy atom. The van der Waals surface area contributed by atoms with Gasteiger partial charge in [-0.2, -0.15) is 0 Å². The Bertz CT molecular complexity index is 1080. The van der Waals surface area contributed by atoms with Gasteiger partial charge in [0.25, 0.3) is 0 Å². The Morgan fingerprint density at radius 3 is 2.85 bits per heavy atom. The van der Waals surface area contributed by atoms with E-state index in [0.717, 1.165) is 44.2 Å². The highest BCUT2D eigenvalue weighted by Gasteiger charge is 2.33. The lowest BCUT2D eigenvalue weighted by atomic mass is 10.0. The molecule has 0 radical (unpaired) electrons. The number of morpholine rings is 1. The topological polar surface area (TPSA) is 88.8 Å². The first kappa shape index (κ1) is 21.5. The van der Waals surface area contributed by atoms with E-state index in [1.54, 1.807) is 31.6 Å². The maximum atomic E-state index is 12.9. The van der Waals surface area contributed by atoms with E-state index < -0.39 is 0 Å². The molecule has 0 saturated carbocycles. The zero-order valence-corrected chi connectivity index (χ0v) is 18.7. The summed E-state index contributed by atoms with van der Waals surface area (Å²) in [6, 6.07) is 7.39. The van der Waals surface area contributed by atoms with Crippen LogP contribution < -0.4 is 9.47 Å². The fourth-order valence-corrected chi connectivity index (χ4v) is 4.27. The molecule has 0 atom stereocenters. The van der Waals surface area contributed by atoms with E-state index in [1.165, 1.54) is 0 Å². The minimum Gasteiger partial charge on any atom is -0.493 e. The van der Waals surface area contributed by atoms with Crippen LogP contribution in [0.5, 0.6) is 11.5 Å². The second-order valence-corrected chi connectivity index (χ2v) is 8.02. The summed E-state index contributed by atoms with van der Waals surface area (Å²) in [7, 11) is 1.62. The molecule has 1 saturated heterocycles. The maximum Gasteiger partial charge on any atom is 0.187 e. The molecule has 9 nitrogen and oxygen atoms in total. The van der Waals surface area contributed by atoms with Crippen LogP contribution in [0.25, 0.3) is 0 Å². The molecule has 4 heterocycles. The van der Waals surface area contributed by atoms with Gasteiger partial charge in [0, 0.05) is 49.7 Å². The summed E-state index contributed by atoms with van der Waals surface area (Å²) in [5.74, 6) is 2.66. The second-order valence-electron chi connectivity index (χ2n) is 8.02. The molecule has 9 heteroatoms. The zero-order chi connectivity index (χ0) is 22.6. The van der Waals surface area contributed by atoms with E-state index >= 15 is 0 Å². The molecule has 5 rings (SSSR count). The number of fused-ring (bicyclic) bond motifs is 3. The number of amidine groups is 2. The van der Waals surface area contributed by atoms with Crippen LogP contribution >= 0.6 is 0 Å². The number of aliphatic imine (C=N–C) groups is 2. The second kappa shape index (κ2) is 9.68. The van der Waals surface area contributed by atoms with Gasteiger partial charge in [0.2, 0.25) is 0 Å². The maximum absolute atomic E-state index is 12.9. The van der Waals surface area contributed by atoms with Crippen molar-refractivity contribution in [1.29, 1.82) is 0 Å². The van der Waals surface area contributed by atoms with Gasteiger partial charge in [-0.25, -0.2) is 4.99 Å². The molecule has 0 unspecified atom stereocenters. The number of carbonyl (C=O) groups excluding carboxylic acids is 1. The fraction of sp³-hybridized carbons (Fsp3) is 0.417. The number of carbonyl (C=O) groups is 1. The number of ketones is 1. The molecule has 172 valence electrons. The minimum absolute atomic E-state index is 0.0331. The Hall–Kier alpha value is -3.30. The third-order valence-electron chi connectivity index (χ3n) is 6.01. The number of rotatable bonds is 8. The summed E-state index contributed by atoms with van der Waals surface area (Å²) in [5, 5.41) is 0. The number of aromatic nitrogens is 1. The van der Waals surface area contributed by atoms with Crippen molar-refractivity contribution in [2.24, 2.45) is 9.98 Å². The predicted octanol–water partition coefficient (Wildman–Crippen LogP) is 2.18. The standard InChI is InChI=1S/C24H27N5O4/c1-31-20-5-4-18-22(23(20)33-14-11-28-9-12-32-13-10-28)27-21(29-8-7-26-24(18)29)15-19(30)17-3-2-6-25-16-17/h2-6,16H,7-15H2,1H3. The molecule has 0 amide bonds. The average molecular weight is 450 g/mol. The molecule has 3 aliphatic heterocycles. The zero-order valence-electron chi connectivity index (χ0n) is 18.7. The Balaban J connectivity index is 1.43. The third kappa shape index (κ3) is 4.46. The van der Waals surface area contributed by atoms with Gasteiger partial charge in [-0.3, -0.25) is 19.7 Å². The Labute approximate surface area is 192 Å². The number of ether oxygens (including phenoxy) is 3. The molecule has 0 spiro atoms. The first-order valence-corrected chi connectivity index (χ1v) is 11.2. The number of hydrogen-bond donors (Lipinski definition) is 0. The van der Waals surface area contributed by atoms with Crippen LogP contribution in [0.2, 0.25) is 0 Å². The number of benzene rings is 1. The van der Waals surface area contributed by atoms with Gasteiger partial charge < -0.3 is 19.1 Å². The van der Waals surface area contributed by atoms with Crippen molar-refractivity contribution in [2.75, 3.05) is 59.7 Å². The van der Waals surface area contributed by atoms with Gasteiger partial charge in [-0.1, -0.05) is 0 Å². The van der Waals surface area contributed by atoms with E-state index in [4.69, 9.17) is 24.2 Å². The largest absolute Gasteiger partial charge is 0.493 e. The van der Waals surface area contributed by atoms with E-state index in [1.807, 2.05) is 17.0 Å². The van der Waals surface area contributed by atoms with Crippen molar-refractivity contribution < 1.29 is 19.0 Å². The SMILES string of the molecule is COc1ccc2c(c1OCCN1CCOCC1)N=C(CC(=O)c1cccnc1)N1CCN=C21. The van der Waals surface area contributed by atoms with Crippen LogP contribution in [0, 0.1) is 0 Å². The lowest BCUT2D eigenvalue weighted by molar-refractivity contribution is 0.0321. The number of nitrogens with zero attached hydrogens (tertiary/aromatic N) is 5. The minimum atomic E-state index is -0.0331. The van der Waals surface area contributed by atoms with Gasteiger partial charge in [0.1, 0.15) is 24.0 Å². The van der Waals surface area contributed by atoms with E-state index in [9.17, 15) is 4.79 Å². The summed E-state index contributed by atoms with van der Waals surface area (Å²) in [6.45, 7) is 5.95. The average Bonchev–Trinajstić information content (AvgIpc) is 3.36. The quantitative estimate of drug-likeness (QED) is 0.571. The normalized spacial score (nSPS) is 17.7. The van der Waals surface area contributed by atoms with E-state index in [2.05, 4.69) is 9.88 Å². The molecule has 33 heavy (non-hydrogen) atoms. The highest BCUT2D eigenvalue weighted by atomic mass is 16.5. The van der Waals surface area contributed by atoms with Crippen LogP contribution in [0.1, 0.15) is 22.3 Å². The Kier molecular flexibility index (Phi) is 6.32. The third-order valence-corrected chi connectivity index (χ3v) is 6.01. The summed E-state index contributed by atoms with van der Waals surface area (Å²) < 4.78 is 17.2.